The third kappa shape index (κ3) is 4.65. The molecule has 0 bridgehead atoms. The van der Waals surface area contributed by atoms with E-state index in [4.69, 9.17) is 0 Å². The molecule has 1 unspecified atom stereocenters. The zero-order valence-corrected chi connectivity index (χ0v) is 8.96. The first-order valence-electron chi connectivity index (χ1n) is 4.74. The number of carbonyl (C=O) groups excluding carboxylic acids is 2. The predicted octanol–water partition coefficient (Wildman–Crippen LogP) is 1.61. The zero-order chi connectivity index (χ0) is 10.4. The van der Waals surface area contributed by atoms with E-state index in [2.05, 4.69) is 6.92 Å². The normalized spacial score (nSPS) is 12.3. The summed E-state index contributed by atoms with van der Waals surface area (Å²) in [5.74, 6) is -0.144. The van der Waals surface area contributed by atoms with Gasteiger partial charge in [0.25, 0.3) is 0 Å². The molecule has 0 fully saturated rings. The van der Waals surface area contributed by atoms with Crippen molar-refractivity contribution in [3.63, 3.8) is 0 Å². The molecule has 3 heteroatoms. The van der Waals surface area contributed by atoms with E-state index in [1.807, 2.05) is 6.92 Å². The summed E-state index contributed by atoms with van der Waals surface area (Å²) in [4.78, 5) is 23.7. The summed E-state index contributed by atoms with van der Waals surface area (Å²) in [6.45, 7) is 5.53. The third-order valence-corrected chi connectivity index (χ3v) is 2.16. The lowest BCUT2D eigenvalue weighted by molar-refractivity contribution is -0.135. The molecule has 0 aromatic rings. The highest BCUT2D eigenvalue weighted by Gasteiger charge is 2.15. The summed E-state index contributed by atoms with van der Waals surface area (Å²) in [7, 11) is 1.76. The Morgan fingerprint density at radius 2 is 1.92 bits per heavy atom. The number of hydrogen-bond acceptors (Lipinski definition) is 2. The van der Waals surface area contributed by atoms with E-state index in [-0.39, 0.29) is 24.2 Å². The minimum Gasteiger partial charge on any atom is -0.343 e. The lowest BCUT2D eigenvalue weighted by Gasteiger charge is -2.24. The van der Waals surface area contributed by atoms with Crippen molar-refractivity contribution in [2.24, 2.45) is 0 Å². The van der Waals surface area contributed by atoms with Crippen molar-refractivity contribution in [1.29, 1.82) is 0 Å². The van der Waals surface area contributed by atoms with Crippen molar-refractivity contribution in [3.8, 4) is 0 Å². The second-order valence-corrected chi connectivity index (χ2v) is 3.52. The van der Waals surface area contributed by atoms with E-state index < -0.39 is 0 Å². The second kappa shape index (κ2) is 5.73. The van der Waals surface area contributed by atoms with Gasteiger partial charge in [-0.1, -0.05) is 13.3 Å². The van der Waals surface area contributed by atoms with Gasteiger partial charge in [0, 0.05) is 13.1 Å². The van der Waals surface area contributed by atoms with Crippen LogP contribution in [0.5, 0.6) is 0 Å². The van der Waals surface area contributed by atoms with Gasteiger partial charge in [-0.15, -0.1) is 0 Å². The van der Waals surface area contributed by atoms with Crippen LogP contribution in [-0.4, -0.2) is 29.7 Å². The fourth-order valence-corrected chi connectivity index (χ4v) is 1.19. The summed E-state index contributed by atoms with van der Waals surface area (Å²) >= 11 is 0. The summed E-state index contributed by atoms with van der Waals surface area (Å²) in [6.07, 6.45) is 2.07. The minimum absolute atomic E-state index is 0.0323. The maximum atomic E-state index is 11.4. The molecular weight excluding hydrogens is 166 g/mol. The molecule has 1 amide bonds. The number of nitrogens with zero attached hydrogens (tertiary/aromatic N) is 1. The summed E-state index contributed by atoms with van der Waals surface area (Å²) in [6, 6.07) is 0.233. The Labute approximate surface area is 80.1 Å². The first-order valence-corrected chi connectivity index (χ1v) is 4.74. The number of Topliss-reactive ketones (excluding diaryl/α,β-unsaturated/α-hetero) is 1. The average molecular weight is 185 g/mol. The lowest BCUT2D eigenvalue weighted by Crippen LogP contribution is -2.35. The average Bonchev–Trinajstić information content (AvgIpc) is 2.02. The number of rotatable bonds is 5. The molecule has 0 rings (SSSR count). The molecule has 13 heavy (non-hydrogen) atoms. The number of hydrogen-bond donors (Lipinski definition) is 0. The fourth-order valence-electron chi connectivity index (χ4n) is 1.19. The molecule has 0 heterocycles. The first-order chi connectivity index (χ1) is 5.99. The van der Waals surface area contributed by atoms with Crippen molar-refractivity contribution >= 4 is 11.7 Å². The first kappa shape index (κ1) is 12.1. The van der Waals surface area contributed by atoms with Crippen LogP contribution in [0.3, 0.4) is 0 Å². The van der Waals surface area contributed by atoms with Gasteiger partial charge in [-0.2, -0.15) is 0 Å². The van der Waals surface area contributed by atoms with Gasteiger partial charge in [0.2, 0.25) is 5.91 Å². The Morgan fingerprint density at radius 1 is 1.38 bits per heavy atom. The van der Waals surface area contributed by atoms with Gasteiger partial charge < -0.3 is 4.90 Å². The summed E-state index contributed by atoms with van der Waals surface area (Å²) in [5, 5.41) is 0. The van der Waals surface area contributed by atoms with Crippen LogP contribution < -0.4 is 0 Å². The van der Waals surface area contributed by atoms with Crippen molar-refractivity contribution in [1.82, 2.24) is 4.90 Å². The van der Waals surface area contributed by atoms with Crippen molar-refractivity contribution in [3.05, 3.63) is 0 Å². The number of amides is 1. The summed E-state index contributed by atoms with van der Waals surface area (Å²) in [5.41, 5.74) is 0. The maximum Gasteiger partial charge on any atom is 0.229 e. The smallest absolute Gasteiger partial charge is 0.229 e. The van der Waals surface area contributed by atoms with Crippen LogP contribution >= 0.6 is 0 Å². The molecule has 0 N–H and O–H groups in total. The molecule has 0 aliphatic carbocycles. The molecule has 0 aliphatic heterocycles. The monoisotopic (exact) mass is 185 g/mol. The number of carbonyl (C=O) groups is 2. The molecule has 0 aromatic heterocycles. The highest BCUT2D eigenvalue weighted by atomic mass is 16.2. The standard InChI is InChI=1S/C10H19NO2/c1-5-6-8(2)11(4)10(13)7-9(3)12/h8H,5-7H2,1-4H3. The molecule has 0 radical (unpaired) electrons. The minimum atomic E-state index is -0.0755. The molecular formula is C10H19NO2. The van der Waals surface area contributed by atoms with Crippen LogP contribution in [0.1, 0.15) is 40.0 Å². The van der Waals surface area contributed by atoms with E-state index in [9.17, 15) is 9.59 Å². The van der Waals surface area contributed by atoms with E-state index in [1.54, 1.807) is 11.9 Å². The Morgan fingerprint density at radius 3 is 2.31 bits per heavy atom. The molecule has 0 spiro atoms. The van der Waals surface area contributed by atoms with Crippen LogP contribution in [0.25, 0.3) is 0 Å². The van der Waals surface area contributed by atoms with Gasteiger partial charge in [0.05, 0.1) is 6.42 Å². The Bertz CT molecular complexity index is 189. The highest BCUT2D eigenvalue weighted by Crippen LogP contribution is 2.05. The predicted molar refractivity (Wildman–Crippen MR) is 52.4 cm³/mol. The van der Waals surface area contributed by atoms with E-state index >= 15 is 0 Å². The maximum absolute atomic E-state index is 11.4. The van der Waals surface area contributed by atoms with Gasteiger partial charge in [0.15, 0.2) is 0 Å². The van der Waals surface area contributed by atoms with Crippen LogP contribution in [0.2, 0.25) is 0 Å². The van der Waals surface area contributed by atoms with Gasteiger partial charge in [-0.3, -0.25) is 9.59 Å². The number of ketones is 1. The topological polar surface area (TPSA) is 37.4 Å². The van der Waals surface area contributed by atoms with Gasteiger partial charge in [-0.05, 0) is 20.3 Å². The van der Waals surface area contributed by atoms with E-state index in [1.165, 1.54) is 6.92 Å². The third-order valence-electron chi connectivity index (χ3n) is 2.16. The van der Waals surface area contributed by atoms with Crippen LogP contribution in [-0.2, 0) is 9.59 Å². The highest BCUT2D eigenvalue weighted by molar-refractivity contribution is 5.96. The van der Waals surface area contributed by atoms with Gasteiger partial charge >= 0.3 is 0 Å². The van der Waals surface area contributed by atoms with Gasteiger partial charge in [0.1, 0.15) is 5.78 Å². The molecule has 0 saturated heterocycles. The second-order valence-electron chi connectivity index (χ2n) is 3.52. The Balaban J connectivity index is 4.01. The Hall–Kier alpha value is -0.860. The van der Waals surface area contributed by atoms with E-state index in [0.29, 0.717) is 0 Å². The quantitative estimate of drug-likeness (QED) is 0.610. The van der Waals surface area contributed by atoms with Crippen LogP contribution in [0, 0.1) is 0 Å². The lowest BCUT2D eigenvalue weighted by atomic mass is 10.1. The fraction of sp³-hybridized carbons (Fsp3) is 0.800. The largest absolute Gasteiger partial charge is 0.343 e. The molecule has 0 aliphatic rings. The molecule has 1 atom stereocenters. The molecule has 76 valence electrons. The van der Waals surface area contributed by atoms with Gasteiger partial charge in [-0.25, -0.2) is 0 Å². The SMILES string of the molecule is CCCC(C)N(C)C(=O)CC(C)=O. The van der Waals surface area contributed by atoms with Crippen LogP contribution in [0.15, 0.2) is 0 Å². The van der Waals surface area contributed by atoms with Crippen molar-refractivity contribution < 1.29 is 9.59 Å². The Kier molecular flexibility index (Phi) is 5.35. The zero-order valence-electron chi connectivity index (χ0n) is 8.96. The summed E-state index contributed by atoms with van der Waals surface area (Å²) < 4.78 is 0. The van der Waals surface area contributed by atoms with Crippen molar-refractivity contribution in [2.45, 2.75) is 46.1 Å². The molecule has 0 saturated carbocycles. The van der Waals surface area contributed by atoms with Crippen molar-refractivity contribution in [2.75, 3.05) is 7.05 Å². The molecule has 0 aromatic carbocycles. The van der Waals surface area contributed by atoms with E-state index in [0.717, 1.165) is 12.8 Å². The van der Waals surface area contributed by atoms with Crippen LogP contribution in [0.4, 0.5) is 0 Å². The molecule has 3 nitrogen and oxygen atoms in total.